The molecule has 0 nitrogen and oxygen atoms in total. The Kier molecular flexibility index (Phi) is 2.81. The molecule has 2 heteroatoms. The van der Waals surface area contributed by atoms with Gasteiger partial charge in [-0.3, -0.25) is 0 Å². The van der Waals surface area contributed by atoms with Crippen molar-refractivity contribution in [1.82, 2.24) is 0 Å². The number of hydrogen-bond donors (Lipinski definition) is 0. The van der Waals surface area contributed by atoms with E-state index in [1.165, 1.54) is 6.07 Å². The number of halogens is 2. The average molecular weight is 245 g/mol. The van der Waals surface area contributed by atoms with Crippen molar-refractivity contribution in [1.29, 1.82) is 0 Å². The van der Waals surface area contributed by atoms with E-state index in [2.05, 4.69) is 36.7 Å². The maximum Gasteiger partial charge on any atom is 0.127 e. The molecule has 1 aromatic carbocycles. The summed E-state index contributed by atoms with van der Waals surface area (Å²) in [4.78, 5) is 0. The normalized spacial score (nSPS) is 11.8. The van der Waals surface area contributed by atoms with E-state index in [9.17, 15) is 4.39 Å². The van der Waals surface area contributed by atoms with Crippen LogP contribution in [0.3, 0.4) is 0 Å². The predicted octanol–water partition coefficient (Wildman–Crippen LogP) is 4.19. The van der Waals surface area contributed by atoms with Crippen LogP contribution in [-0.2, 0) is 5.41 Å². The maximum absolute atomic E-state index is 13.1. The molecule has 0 saturated heterocycles. The van der Waals surface area contributed by atoms with Gasteiger partial charge < -0.3 is 0 Å². The average Bonchev–Trinajstić information content (AvgIpc) is 1.98. The quantitative estimate of drug-likeness (QED) is 0.642. The Morgan fingerprint density at radius 1 is 1.23 bits per heavy atom. The van der Waals surface area contributed by atoms with Crippen molar-refractivity contribution in [2.75, 3.05) is 0 Å². The van der Waals surface area contributed by atoms with Gasteiger partial charge in [0.15, 0.2) is 0 Å². The summed E-state index contributed by atoms with van der Waals surface area (Å²) in [5.41, 5.74) is 1.89. The van der Waals surface area contributed by atoms with Crippen molar-refractivity contribution in [3.63, 3.8) is 0 Å². The lowest BCUT2D eigenvalue weighted by Gasteiger charge is -2.21. The lowest BCUT2D eigenvalue weighted by molar-refractivity contribution is 0.575. The number of benzene rings is 1. The number of rotatable bonds is 0. The van der Waals surface area contributed by atoms with Crippen LogP contribution in [0.4, 0.5) is 4.39 Å². The van der Waals surface area contributed by atoms with Gasteiger partial charge in [-0.05, 0) is 29.5 Å². The van der Waals surface area contributed by atoms with E-state index in [4.69, 9.17) is 0 Å². The van der Waals surface area contributed by atoms with Gasteiger partial charge in [0.25, 0.3) is 0 Å². The second-order valence-corrected chi connectivity index (χ2v) is 5.08. The standard InChI is InChI=1S/C11H14BrF/c1-7-9(13)6-5-8(10(7)12)11(2,3)4/h5-6H,1-4H3. The molecule has 0 radical (unpaired) electrons. The molecule has 72 valence electrons. The van der Waals surface area contributed by atoms with Crippen molar-refractivity contribution in [2.45, 2.75) is 33.1 Å². The molecule has 0 fully saturated rings. The van der Waals surface area contributed by atoms with E-state index < -0.39 is 0 Å². The van der Waals surface area contributed by atoms with E-state index in [1.54, 1.807) is 6.92 Å². The highest BCUT2D eigenvalue weighted by molar-refractivity contribution is 9.10. The molecule has 0 spiro atoms. The van der Waals surface area contributed by atoms with E-state index in [-0.39, 0.29) is 11.2 Å². The summed E-state index contributed by atoms with van der Waals surface area (Å²) < 4.78 is 14.0. The van der Waals surface area contributed by atoms with Crippen molar-refractivity contribution in [2.24, 2.45) is 0 Å². The van der Waals surface area contributed by atoms with Crippen LogP contribution in [0, 0.1) is 12.7 Å². The molecule has 1 rings (SSSR count). The van der Waals surface area contributed by atoms with Crippen LogP contribution in [0.25, 0.3) is 0 Å². The summed E-state index contributed by atoms with van der Waals surface area (Å²) in [6, 6.07) is 3.37. The van der Waals surface area contributed by atoms with E-state index >= 15 is 0 Å². The number of hydrogen-bond acceptors (Lipinski definition) is 0. The van der Waals surface area contributed by atoms with Gasteiger partial charge in [0.2, 0.25) is 0 Å². The third-order valence-electron chi connectivity index (χ3n) is 2.13. The monoisotopic (exact) mass is 244 g/mol. The Bertz CT molecular complexity index is 324. The summed E-state index contributed by atoms with van der Waals surface area (Å²) >= 11 is 3.43. The highest BCUT2D eigenvalue weighted by Crippen LogP contribution is 2.32. The molecule has 0 saturated carbocycles. The lowest BCUT2D eigenvalue weighted by atomic mass is 9.86. The summed E-state index contributed by atoms with van der Waals surface area (Å²) in [5.74, 6) is -0.153. The Morgan fingerprint density at radius 2 is 1.77 bits per heavy atom. The highest BCUT2D eigenvalue weighted by Gasteiger charge is 2.18. The van der Waals surface area contributed by atoms with Crippen LogP contribution < -0.4 is 0 Å². The Hall–Kier alpha value is -0.370. The first-order valence-electron chi connectivity index (χ1n) is 4.29. The molecule has 0 N–H and O–H groups in total. The van der Waals surface area contributed by atoms with Crippen LogP contribution >= 0.6 is 15.9 Å². The molecule has 0 aromatic heterocycles. The third kappa shape index (κ3) is 2.11. The molecular formula is C11H14BrF. The van der Waals surface area contributed by atoms with Crippen molar-refractivity contribution < 1.29 is 4.39 Å². The summed E-state index contributed by atoms with van der Waals surface area (Å²) in [5, 5.41) is 0. The van der Waals surface area contributed by atoms with Crippen molar-refractivity contribution >= 4 is 15.9 Å². The van der Waals surface area contributed by atoms with Gasteiger partial charge in [-0.15, -0.1) is 0 Å². The Morgan fingerprint density at radius 3 is 2.23 bits per heavy atom. The molecule has 0 bridgehead atoms. The molecule has 1 aromatic rings. The van der Waals surface area contributed by atoms with Crippen LogP contribution in [-0.4, -0.2) is 0 Å². The molecule has 13 heavy (non-hydrogen) atoms. The first-order valence-corrected chi connectivity index (χ1v) is 5.08. The van der Waals surface area contributed by atoms with Gasteiger partial charge in [0.05, 0.1) is 0 Å². The minimum Gasteiger partial charge on any atom is -0.207 e. The fourth-order valence-corrected chi connectivity index (χ4v) is 2.16. The molecule has 0 heterocycles. The first-order chi connectivity index (χ1) is 5.84. The third-order valence-corrected chi connectivity index (χ3v) is 3.15. The van der Waals surface area contributed by atoms with Crippen molar-refractivity contribution in [3.8, 4) is 0 Å². The zero-order valence-corrected chi connectivity index (χ0v) is 10.00. The zero-order valence-electron chi connectivity index (χ0n) is 8.41. The van der Waals surface area contributed by atoms with Crippen LogP contribution in [0.15, 0.2) is 16.6 Å². The molecular weight excluding hydrogens is 231 g/mol. The molecule has 0 amide bonds. The lowest BCUT2D eigenvalue weighted by Crippen LogP contribution is -2.12. The van der Waals surface area contributed by atoms with Crippen LogP contribution in [0.5, 0.6) is 0 Å². The molecule has 0 aliphatic rings. The first kappa shape index (κ1) is 10.7. The second kappa shape index (κ2) is 3.41. The minimum atomic E-state index is -0.153. The smallest absolute Gasteiger partial charge is 0.127 e. The van der Waals surface area contributed by atoms with Gasteiger partial charge in [0, 0.05) is 4.47 Å². The fraction of sp³-hybridized carbons (Fsp3) is 0.455. The maximum atomic E-state index is 13.1. The highest BCUT2D eigenvalue weighted by atomic mass is 79.9. The van der Waals surface area contributed by atoms with Crippen molar-refractivity contribution in [3.05, 3.63) is 33.5 Å². The van der Waals surface area contributed by atoms with Gasteiger partial charge in [-0.1, -0.05) is 42.8 Å². The molecule has 0 unspecified atom stereocenters. The van der Waals surface area contributed by atoms with Gasteiger partial charge in [-0.25, -0.2) is 4.39 Å². The van der Waals surface area contributed by atoms with E-state index in [0.717, 1.165) is 10.0 Å². The molecule has 0 aliphatic carbocycles. The second-order valence-electron chi connectivity index (χ2n) is 4.28. The van der Waals surface area contributed by atoms with Crippen LogP contribution in [0.1, 0.15) is 31.9 Å². The van der Waals surface area contributed by atoms with Gasteiger partial charge >= 0.3 is 0 Å². The van der Waals surface area contributed by atoms with Gasteiger partial charge in [0.1, 0.15) is 5.82 Å². The molecule has 0 aliphatic heterocycles. The van der Waals surface area contributed by atoms with Gasteiger partial charge in [-0.2, -0.15) is 0 Å². The Labute approximate surface area is 87.3 Å². The fourth-order valence-electron chi connectivity index (χ4n) is 1.24. The summed E-state index contributed by atoms with van der Waals surface area (Å²) in [7, 11) is 0. The zero-order chi connectivity index (χ0) is 10.2. The summed E-state index contributed by atoms with van der Waals surface area (Å²) in [6.07, 6.45) is 0. The topological polar surface area (TPSA) is 0 Å². The predicted molar refractivity (Wildman–Crippen MR) is 57.5 cm³/mol. The van der Waals surface area contributed by atoms with E-state index in [1.807, 2.05) is 6.07 Å². The largest absolute Gasteiger partial charge is 0.207 e. The minimum absolute atomic E-state index is 0.0529. The molecule has 0 atom stereocenters. The Balaban J connectivity index is 3.35. The van der Waals surface area contributed by atoms with E-state index in [0.29, 0.717) is 5.56 Å². The SMILES string of the molecule is Cc1c(F)ccc(C(C)(C)C)c1Br. The summed E-state index contributed by atoms with van der Waals surface area (Å²) in [6.45, 7) is 8.13. The van der Waals surface area contributed by atoms with Crippen LogP contribution in [0.2, 0.25) is 0 Å².